The summed E-state index contributed by atoms with van der Waals surface area (Å²) >= 11 is 0. The first-order valence-corrected chi connectivity index (χ1v) is 7.27. The first-order chi connectivity index (χ1) is 9.73. The Hall–Kier alpha value is -1.69. The molecule has 1 aliphatic rings. The van der Waals surface area contributed by atoms with Gasteiger partial charge in [0, 0.05) is 19.8 Å². The Morgan fingerprint density at radius 3 is 3.05 bits per heavy atom. The highest BCUT2D eigenvalue weighted by atomic mass is 16.5. The maximum Gasteiger partial charge on any atom is 0.234 e. The lowest BCUT2D eigenvalue weighted by Crippen LogP contribution is -2.43. The minimum Gasteiger partial charge on any atom is -0.338 e. The second kappa shape index (κ2) is 5.36. The SMILES string of the molecule is CCCC1(c2nc(-c3cnn(C)c3)no2)CCCNC1. The molecule has 1 saturated heterocycles. The van der Waals surface area contributed by atoms with Crippen molar-refractivity contribution in [2.75, 3.05) is 13.1 Å². The van der Waals surface area contributed by atoms with E-state index in [1.165, 1.54) is 0 Å². The van der Waals surface area contributed by atoms with E-state index in [2.05, 4.69) is 27.5 Å². The Bertz CT molecular complexity index is 562. The summed E-state index contributed by atoms with van der Waals surface area (Å²) in [4.78, 5) is 4.64. The molecule has 3 heterocycles. The van der Waals surface area contributed by atoms with Gasteiger partial charge in [-0.1, -0.05) is 18.5 Å². The van der Waals surface area contributed by atoms with Crippen molar-refractivity contribution >= 4 is 0 Å². The number of aryl methyl sites for hydroxylation is 1. The van der Waals surface area contributed by atoms with Gasteiger partial charge < -0.3 is 9.84 Å². The first-order valence-electron chi connectivity index (χ1n) is 7.27. The summed E-state index contributed by atoms with van der Waals surface area (Å²) in [5.74, 6) is 1.40. The standard InChI is InChI=1S/C14H21N5O/c1-3-5-14(6-4-7-15-10-14)13-17-12(18-20-13)11-8-16-19(2)9-11/h8-9,15H,3-7,10H2,1-2H3. The molecule has 0 amide bonds. The lowest BCUT2D eigenvalue weighted by atomic mass is 9.77. The summed E-state index contributed by atoms with van der Waals surface area (Å²) < 4.78 is 7.33. The summed E-state index contributed by atoms with van der Waals surface area (Å²) in [5.41, 5.74) is 0.901. The smallest absolute Gasteiger partial charge is 0.234 e. The van der Waals surface area contributed by atoms with Gasteiger partial charge in [-0.05, 0) is 25.8 Å². The zero-order chi connectivity index (χ0) is 14.0. The molecule has 2 aromatic heterocycles. The Balaban J connectivity index is 1.90. The Labute approximate surface area is 118 Å². The van der Waals surface area contributed by atoms with Crippen LogP contribution in [0.15, 0.2) is 16.9 Å². The number of aromatic nitrogens is 4. The maximum absolute atomic E-state index is 5.59. The lowest BCUT2D eigenvalue weighted by molar-refractivity contribution is 0.213. The van der Waals surface area contributed by atoms with Gasteiger partial charge in [-0.2, -0.15) is 10.1 Å². The fourth-order valence-corrected chi connectivity index (χ4v) is 3.04. The Kier molecular flexibility index (Phi) is 3.56. The van der Waals surface area contributed by atoms with E-state index in [0.717, 1.165) is 50.2 Å². The van der Waals surface area contributed by atoms with Crippen LogP contribution >= 0.6 is 0 Å². The predicted molar refractivity (Wildman–Crippen MR) is 75.2 cm³/mol. The van der Waals surface area contributed by atoms with Crippen molar-refractivity contribution in [3.8, 4) is 11.4 Å². The molecule has 6 nitrogen and oxygen atoms in total. The van der Waals surface area contributed by atoms with Crippen LogP contribution in [0.4, 0.5) is 0 Å². The molecule has 0 bridgehead atoms. The molecule has 3 rings (SSSR count). The van der Waals surface area contributed by atoms with E-state index < -0.39 is 0 Å². The minimum atomic E-state index is 0.000455. The highest BCUT2D eigenvalue weighted by Gasteiger charge is 2.38. The van der Waals surface area contributed by atoms with Crippen LogP contribution in [0.5, 0.6) is 0 Å². The first kappa shape index (κ1) is 13.3. The molecule has 0 saturated carbocycles. The van der Waals surface area contributed by atoms with E-state index >= 15 is 0 Å². The zero-order valence-corrected chi connectivity index (χ0v) is 12.1. The zero-order valence-electron chi connectivity index (χ0n) is 12.1. The van der Waals surface area contributed by atoms with Crippen LogP contribution in [0.1, 0.15) is 38.5 Å². The van der Waals surface area contributed by atoms with Gasteiger partial charge in [0.1, 0.15) is 0 Å². The molecule has 1 aliphatic heterocycles. The molecule has 1 atom stereocenters. The van der Waals surface area contributed by atoms with Crippen LogP contribution in [-0.2, 0) is 12.5 Å². The van der Waals surface area contributed by atoms with E-state index in [0.29, 0.717) is 5.82 Å². The topological polar surface area (TPSA) is 68.8 Å². The molecule has 0 radical (unpaired) electrons. The Morgan fingerprint density at radius 2 is 2.40 bits per heavy atom. The number of nitrogens with one attached hydrogen (secondary N) is 1. The molecule has 0 aromatic carbocycles. The predicted octanol–water partition coefficient (Wildman–Crippen LogP) is 1.89. The number of hydrogen-bond donors (Lipinski definition) is 1. The highest BCUT2D eigenvalue weighted by molar-refractivity contribution is 5.51. The van der Waals surface area contributed by atoms with Crippen LogP contribution < -0.4 is 5.32 Å². The maximum atomic E-state index is 5.59. The van der Waals surface area contributed by atoms with Crippen molar-refractivity contribution in [1.29, 1.82) is 0 Å². The third-order valence-electron chi connectivity index (χ3n) is 4.04. The van der Waals surface area contributed by atoms with Crippen molar-refractivity contribution in [3.63, 3.8) is 0 Å². The van der Waals surface area contributed by atoms with Gasteiger partial charge >= 0.3 is 0 Å². The van der Waals surface area contributed by atoms with Gasteiger partial charge in [0.25, 0.3) is 0 Å². The largest absolute Gasteiger partial charge is 0.338 e. The second-order valence-corrected chi connectivity index (χ2v) is 5.64. The van der Waals surface area contributed by atoms with Gasteiger partial charge in [0.2, 0.25) is 11.7 Å². The number of piperidine rings is 1. The van der Waals surface area contributed by atoms with Crippen molar-refractivity contribution in [3.05, 3.63) is 18.3 Å². The van der Waals surface area contributed by atoms with E-state index in [-0.39, 0.29) is 5.41 Å². The summed E-state index contributed by atoms with van der Waals surface area (Å²) in [6.45, 7) is 4.21. The van der Waals surface area contributed by atoms with Crippen LogP contribution in [0.3, 0.4) is 0 Å². The number of nitrogens with zero attached hydrogens (tertiary/aromatic N) is 4. The Morgan fingerprint density at radius 1 is 1.50 bits per heavy atom. The summed E-state index contributed by atoms with van der Waals surface area (Å²) in [6.07, 6.45) is 8.13. The molecule has 20 heavy (non-hydrogen) atoms. The normalized spacial score (nSPS) is 23.1. The van der Waals surface area contributed by atoms with E-state index in [4.69, 9.17) is 4.52 Å². The summed E-state index contributed by atoms with van der Waals surface area (Å²) in [6, 6.07) is 0. The van der Waals surface area contributed by atoms with Gasteiger partial charge in [0.05, 0.1) is 17.2 Å². The molecular weight excluding hydrogens is 254 g/mol. The third-order valence-corrected chi connectivity index (χ3v) is 4.04. The molecule has 0 aliphatic carbocycles. The fourth-order valence-electron chi connectivity index (χ4n) is 3.04. The molecule has 1 fully saturated rings. The number of rotatable bonds is 4. The fraction of sp³-hybridized carbons (Fsp3) is 0.643. The molecule has 1 unspecified atom stereocenters. The molecule has 0 spiro atoms. The average molecular weight is 275 g/mol. The third kappa shape index (κ3) is 2.35. The number of hydrogen-bond acceptors (Lipinski definition) is 5. The van der Waals surface area contributed by atoms with Crippen LogP contribution in [0, 0.1) is 0 Å². The van der Waals surface area contributed by atoms with Crippen molar-refractivity contribution in [2.45, 2.75) is 38.0 Å². The van der Waals surface area contributed by atoms with Crippen molar-refractivity contribution in [1.82, 2.24) is 25.2 Å². The summed E-state index contributed by atoms with van der Waals surface area (Å²) in [7, 11) is 1.88. The van der Waals surface area contributed by atoms with Gasteiger partial charge in [-0.15, -0.1) is 0 Å². The van der Waals surface area contributed by atoms with Gasteiger partial charge in [0.15, 0.2) is 0 Å². The minimum absolute atomic E-state index is 0.000455. The van der Waals surface area contributed by atoms with Crippen LogP contribution in [0.25, 0.3) is 11.4 Å². The molecule has 1 N–H and O–H groups in total. The van der Waals surface area contributed by atoms with Crippen molar-refractivity contribution in [2.24, 2.45) is 7.05 Å². The van der Waals surface area contributed by atoms with Crippen LogP contribution in [-0.4, -0.2) is 33.0 Å². The van der Waals surface area contributed by atoms with E-state index in [1.807, 2.05) is 13.2 Å². The van der Waals surface area contributed by atoms with Crippen LogP contribution in [0.2, 0.25) is 0 Å². The van der Waals surface area contributed by atoms with E-state index in [9.17, 15) is 0 Å². The lowest BCUT2D eigenvalue weighted by Gasteiger charge is -2.34. The average Bonchev–Trinajstić information content (AvgIpc) is 3.09. The van der Waals surface area contributed by atoms with Gasteiger partial charge in [-0.25, -0.2) is 0 Å². The van der Waals surface area contributed by atoms with E-state index in [1.54, 1.807) is 10.9 Å². The summed E-state index contributed by atoms with van der Waals surface area (Å²) in [5, 5.41) is 11.8. The molecular formula is C14H21N5O. The van der Waals surface area contributed by atoms with Gasteiger partial charge in [-0.3, -0.25) is 4.68 Å². The molecule has 108 valence electrons. The quantitative estimate of drug-likeness (QED) is 0.922. The molecule has 6 heteroatoms. The second-order valence-electron chi connectivity index (χ2n) is 5.64. The molecule has 2 aromatic rings. The monoisotopic (exact) mass is 275 g/mol. The van der Waals surface area contributed by atoms with Crippen molar-refractivity contribution < 1.29 is 4.52 Å². The highest BCUT2D eigenvalue weighted by Crippen LogP contribution is 2.35.